The van der Waals surface area contributed by atoms with E-state index in [4.69, 9.17) is 0 Å². The first-order valence-electron chi connectivity index (χ1n) is 11.7. The van der Waals surface area contributed by atoms with E-state index < -0.39 is 30.0 Å². The Morgan fingerprint density at radius 3 is 2.02 bits per heavy atom. The normalized spacial score (nSPS) is 11.9. The van der Waals surface area contributed by atoms with Crippen LogP contribution in [0.4, 0.5) is 26.3 Å². The molecule has 5 rings (SSSR count). The molecule has 0 spiro atoms. The summed E-state index contributed by atoms with van der Waals surface area (Å²) in [6.45, 7) is -0.480. The van der Waals surface area contributed by atoms with Gasteiger partial charge in [-0.1, -0.05) is 35.5 Å². The lowest BCUT2D eigenvalue weighted by atomic mass is 9.98. The van der Waals surface area contributed by atoms with Gasteiger partial charge >= 0.3 is 12.4 Å². The van der Waals surface area contributed by atoms with E-state index in [0.717, 1.165) is 0 Å². The zero-order valence-corrected chi connectivity index (χ0v) is 20.3. The predicted molar refractivity (Wildman–Crippen MR) is 132 cm³/mol. The molecule has 0 atom stereocenters. The number of carbonyl (C=O) groups excluding carboxylic acids is 1. The van der Waals surface area contributed by atoms with Gasteiger partial charge in [-0.25, -0.2) is 4.68 Å². The number of halogens is 6. The van der Waals surface area contributed by atoms with Crippen LogP contribution in [0, 0.1) is 0 Å². The highest BCUT2D eigenvalue weighted by Crippen LogP contribution is 2.37. The summed E-state index contributed by atoms with van der Waals surface area (Å²) in [7, 11) is 0. The molecule has 0 saturated carbocycles. The lowest BCUT2D eigenvalue weighted by Gasteiger charge is -2.15. The molecular weight excluding hydrogens is 536 g/mol. The monoisotopic (exact) mass is 553 g/mol. The number of hydrogen-bond acceptors (Lipinski definition) is 5. The summed E-state index contributed by atoms with van der Waals surface area (Å²) in [4.78, 5) is 21.6. The summed E-state index contributed by atoms with van der Waals surface area (Å²) in [5.41, 5.74) is -1.64. The third kappa shape index (κ3) is 5.46. The molecule has 0 N–H and O–H groups in total. The van der Waals surface area contributed by atoms with Crippen LogP contribution in [-0.4, -0.2) is 30.7 Å². The molecule has 3 heterocycles. The fourth-order valence-electron chi connectivity index (χ4n) is 4.18. The summed E-state index contributed by atoms with van der Waals surface area (Å²) >= 11 is 0. The van der Waals surface area contributed by atoms with E-state index in [9.17, 15) is 31.1 Å². The first kappa shape index (κ1) is 26.7. The Labute approximate surface area is 223 Å². The van der Waals surface area contributed by atoms with Crippen molar-refractivity contribution in [2.24, 2.45) is 0 Å². The van der Waals surface area contributed by atoms with E-state index >= 15 is 0 Å². The molecule has 40 heavy (non-hydrogen) atoms. The minimum atomic E-state index is -5.00. The third-order valence-electron chi connectivity index (χ3n) is 5.98. The number of hydrogen-bond donors (Lipinski definition) is 0. The predicted octanol–water partition coefficient (Wildman–Crippen LogP) is 6.72. The van der Waals surface area contributed by atoms with Crippen molar-refractivity contribution in [2.45, 2.75) is 18.9 Å². The van der Waals surface area contributed by atoms with E-state index in [1.54, 1.807) is 54.6 Å². The van der Waals surface area contributed by atoms with Crippen LogP contribution in [0.15, 0.2) is 91.4 Å². The molecule has 202 valence electrons. The quantitative estimate of drug-likeness (QED) is 0.172. The van der Waals surface area contributed by atoms with Crippen LogP contribution in [0.2, 0.25) is 0 Å². The van der Waals surface area contributed by atoms with Gasteiger partial charge in [-0.2, -0.15) is 26.3 Å². The van der Waals surface area contributed by atoms with Crippen molar-refractivity contribution < 1.29 is 31.1 Å². The molecule has 0 radical (unpaired) electrons. The second-order valence-electron chi connectivity index (χ2n) is 8.69. The molecule has 0 aliphatic carbocycles. The van der Waals surface area contributed by atoms with Gasteiger partial charge in [0.05, 0.1) is 28.9 Å². The van der Waals surface area contributed by atoms with Crippen LogP contribution in [0.25, 0.3) is 22.6 Å². The van der Waals surface area contributed by atoms with Crippen molar-refractivity contribution in [2.75, 3.05) is 0 Å². The first-order valence-corrected chi connectivity index (χ1v) is 11.7. The maximum Gasteiger partial charge on any atom is 0.416 e. The van der Waals surface area contributed by atoms with Crippen LogP contribution in [0.5, 0.6) is 0 Å². The van der Waals surface area contributed by atoms with Crippen molar-refractivity contribution in [1.29, 1.82) is 0 Å². The van der Waals surface area contributed by atoms with Gasteiger partial charge in [-0.15, -0.1) is 5.10 Å². The molecule has 0 aliphatic heterocycles. The molecule has 0 fully saturated rings. The summed E-state index contributed by atoms with van der Waals surface area (Å²) in [6.07, 6.45) is -5.65. The fraction of sp³-hybridized carbons (Fsp3) is 0.107. The molecule has 0 unspecified atom stereocenters. The number of aromatic nitrogens is 5. The maximum atomic E-state index is 13.5. The second-order valence-corrected chi connectivity index (χ2v) is 8.69. The molecular formula is C28H17F6N5O. The Morgan fingerprint density at radius 1 is 0.750 bits per heavy atom. The second kappa shape index (κ2) is 10.4. The summed E-state index contributed by atoms with van der Waals surface area (Å²) in [6, 6.07) is 16.0. The Hall–Kier alpha value is -4.87. The highest BCUT2D eigenvalue weighted by atomic mass is 19.4. The van der Waals surface area contributed by atoms with Crippen LogP contribution in [0.3, 0.4) is 0 Å². The summed E-state index contributed by atoms with van der Waals surface area (Å²) in [5.74, 6) is -0.355. The van der Waals surface area contributed by atoms with Gasteiger partial charge in [-0.3, -0.25) is 14.8 Å². The molecule has 0 saturated heterocycles. The van der Waals surface area contributed by atoms with Crippen LogP contribution >= 0.6 is 0 Å². The van der Waals surface area contributed by atoms with Gasteiger partial charge in [0.2, 0.25) is 0 Å². The van der Waals surface area contributed by atoms with Crippen LogP contribution < -0.4 is 0 Å². The van der Waals surface area contributed by atoms with E-state index in [-0.39, 0.29) is 40.1 Å². The number of nitrogens with zero attached hydrogens (tertiary/aromatic N) is 5. The largest absolute Gasteiger partial charge is 0.416 e. The molecule has 0 aliphatic rings. The SMILES string of the molecule is O=C(c1ccccc1)c1cccnc1-c1nnn(Cc2cc(C(F)(F)F)cc(C(F)(F)F)c2)c1-c1ccncc1. The zero-order valence-electron chi connectivity index (χ0n) is 20.3. The first-order chi connectivity index (χ1) is 19.0. The highest BCUT2D eigenvalue weighted by molar-refractivity contribution is 6.12. The van der Waals surface area contributed by atoms with Crippen molar-refractivity contribution in [3.8, 4) is 22.6 Å². The molecule has 3 aromatic heterocycles. The maximum absolute atomic E-state index is 13.5. The van der Waals surface area contributed by atoms with Gasteiger partial charge in [0, 0.05) is 29.7 Å². The van der Waals surface area contributed by atoms with E-state index in [0.29, 0.717) is 23.3 Å². The average Bonchev–Trinajstić information content (AvgIpc) is 3.35. The highest BCUT2D eigenvalue weighted by Gasteiger charge is 2.37. The Morgan fingerprint density at radius 2 is 1.40 bits per heavy atom. The van der Waals surface area contributed by atoms with Gasteiger partial charge < -0.3 is 0 Å². The van der Waals surface area contributed by atoms with Gasteiger partial charge in [-0.05, 0) is 48.0 Å². The minimum absolute atomic E-state index is 0.0649. The number of rotatable bonds is 6. The van der Waals surface area contributed by atoms with Crippen LogP contribution in [0.1, 0.15) is 32.6 Å². The van der Waals surface area contributed by atoms with Gasteiger partial charge in [0.25, 0.3) is 0 Å². The summed E-state index contributed by atoms with van der Waals surface area (Å²) in [5, 5.41) is 8.22. The topological polar surface area (TPSA) is 73.6 Å². The van der Waals surface area contributed by atoms with Crippen molar-refractivity contribution in [1.82, 2.24) is 25.0 Å². The number of alkyl halides is 6. The molecule has 0 bridgehead atoms. The Kier molecular flexibility index (Phi) is 6.92. The number of pyridine rings is 2. The fourth-order valence-corrected chi connectivity index (χ4v) is 4.18. The number of benzene rings is 2. The van der Waals surface area contributed by atoms with Gasteiger partial charge in [0.1, 0.15) is 11.4 Å². The van der Waals surface area contributed by atoms with Crippen molar-refractivity contribution in [3.05, 3.63) is 119 Å². The average molecular weight is 553 g/mol. The van der Waals surface area contributed by atoms with E-state index in [2.05, 4.69) is 20.3 Å². The lowest BCUT2D eigenvalue weighted by molar-refractivity contribution is -0.143. The van der Waals surface area contributed by atoms with Crippen molar-refractivity contribution in [3.63, 3.8) is 0 Å². The molecule has 5 aromatic rings. The molecule has 0 amide bonds. The Bertz CT molecular complexity index is 1630. The standard InChI is InChI=1S/C28H17F6N5O/c29-27(30,31)20-13-17(14-21(15-20)28(32,33)34)16-39-25(18-8-11-35-12-9-18)24(37-38-39)23-22(7-4-10-36-23)26(40)19-5-2-1-3-6-19/h1-15H,16H2. The molecule has 6 nitrogen and oxygen atoms in total. The number of carbonyl (C=O) groups is 1. The lowest BCUT2D eigenvalue weighted by Crippen LogP contribution is -2.13. The zero-order chi connectivity index (χ0) is 28.5. The molecule has 2 aromatic carbocycles. The smallest absolute Gasteiger partial charge is 0.289 e. The van der Waals surface area contributed by atoms with E-state index in [1.165, 1.54) is 23.3 Å². The van der Waals surface area contributed by atoms with E-state index in [1.807, 2.05) is 0 Å². The molecule has 12 heteroatoms. The van der Waals surface area contributed by atoms with Crippen molar-refractivity contribution >= 4 is 5.78 Å². The minimum Gasteiger partial charge on any atom is -0.289 e. The Balaban J connectivity index is 1.66. The summed E-state index contributed by atoms with van der Waals surface area (Å²) < 4.78 is 81.9. The third-order valence-corrected chi connectivity index (χ3v) is 5.98. The number of ketones is 1. The van der Waals surface area contributed by atoms with Gasteiger partial charge in [0.15, 0.2) is 5.78 Å². The van der Waals surface area contributed by atoms with Crippen LogP contribution in [-0.2, 0) is 18.9 Å².